The number of unbranched alkanes of at least 4 members (excludes halogenated alkanes) is 2. The minimum Gasteiger partial charge on any atom is -0.354 e. The maximum absolute atomic E-state index is 12.2. The molecule has 0 aliphatic heterocycles. The van der Waals surface area contributed by atoms with Crippen LogP contribution in [-0.2, 0) is 11.2 Å². The molecule has 136 valence electrons. The number of nitrogens with one attached hydrogen (secondary N) is 1. The first-order valence-electron chi connectivity index (χ1n) is 8.35. The molecular formula is C17H23Cl2N5O. The van der Waals surface area contributed by atoms with Gasteiger partial charge in [0.25, 0.3) is 0 Å². The van der Waals surface area contributed by atoms with Crippen molar-refractivity contribution in [1.82, 2.24) is 20.3 Å². The summed E-state index contributed by atoms with van der Waals surface area (Å²) in [5.41, 5.74) is 7.38. The molecule has 2 rings (SSSR count). The Morgan fingerprint density at radius 1 is 1.24 bits per heavy atom. The lowest BCUT2D eigenvalue weighted by Crippen LogP contribution is -2.48. The Bertz CT molecular complexity index is 751. The lowest BCUT2D eigenvalue weighted by Gasteiger charge is -2.25. The van der Waals surface area contributed by atoms with Gasteiger partial charge in [-0.15, -0.1) is 0 Å². The Kier molecular flexibility index (Phi) is 6.93. The Morgan fingerprint density at radius 2 is 2.00 bits per heavy atom. The van der Waals surface area contributed by atoms with E-state index in [1.807, 2.05) is 6.92 Å². The highest BCUT2D eigenvalue weighted by atomic mass is 35.5. The number of nitrogens with zero attached hydrogens (tertiary/aromatic N) is 3. The Morgan fingerprint density at radius 3 is 2.72 bits per heavy atom. The molecule has 6 nitrogen and oxygen atoms in total. The van der Waals surface area contributed by atoms with E-state index in [0.717, 1.165) is 25.7 Å². The smallest absolute Gasteiger partial charge is 0.226 e. The summed E-state index contributed by atoms with van der Waals surface area (Å²) in [6.45, 7) is 4.54. The molecular weight excluding hydrogens is 361 g/mol. The maximum Gasteiger partial charge on any atom is 0.226 e. The first-order valence-corrected chi connectivity index (χ1v) is 9.10. The van der Waals surface area contributed by atoms with Crippen molar-refractivity contribution in [3.05, 3.63) is 28.3 Å². The zero-order valence-corrected chi connectivity index (χ0v) is 16.0. The third-order valence-electron chi connectivity index (χ3n) is 3.91. The molecule has 0 aliphatic rings. The minimum atomic E-state index is -0.407. The highest BCUT2D eigenvalue weighted by Gasteiger charge is 2.19. The molecule has 1 unspecified atom stereocenters. The van der Waals surface area contributed by atoms with Crippen molar-refractivity contribution in [2.45, 2.75) is 51.5 Å². The van der Waals surface area contributed by atoms with Gasteiger partial charge < -0.3 is 11.1 Å². The van der Waals surface area contributed by atoms with E-state index in [2.05, 4.69) is 27.2 Å². The second-order valence-corrected chi connectivity index (χ2v) is 7.21. The van der Waals surface area contributed by atoms with E-state index in [9.17, 15) is 4.79 Å². The number of carbonyl (C=O) groups is 1. The van der Waals surface area contributed by atoms with E-state index < -0.39 is 5.54 Å². The van der Waals surface area contributed by atoms with Crippen molar-refractivity contribution in [2.75, 3.05) is 6.54 Å². The van der Waals surface area contributed by atoms with Gasteiger partial charge in [0.15, 0.2) is 5.15 Å². The summed E-state index contributed by atoms with van der Waals surface area (Å²) in [5.74, 6) is -0.134. The standard InChI is InChI=1S/C17H23Cl2N5O/c1-3-4-5-8-17(2,20)10-21-13(25)9-11-6-7-12-14(22-11)15(18)24-16(19)23-12/h6-7H,3-5,8-10,20H2,1-2H3,(H,21,25). The third-order valence-corrected chi connectivity index (χ3v) is 4.35. The lowest BCUT2D eigenvalue weighted by atomic mass is 9.95. The molecule has 0 fully saturated rings. The van der Waals surface area contributed by atoms with Crippen molar-refractivity contribution >= 4 is 40.1 Å². The summed E-state index contributed by atoms with van der Waals surface area (Å²) in [6.07, 6.45) is 4.37. The summed E-state index contributed by atoms with van der Waals surface area (Å²) in [7, 11) is 0. The van der Waals surface area contributed by atoms with Crippen LogP contribution in [0.15, 0.2) is 12.1 Å². The largest absolute Gasteiger partial charge is 0.354 e. The van der Waals surface area contributed by atoms with E-state index in [1.165, 1.54) is 0 Å². The van der Waals surface area contributed by atoms with Crippen LogP contribution >= 0.6 is 23.2 Å². The van der Waals surface area contributed by atoms with Gasteiger partial charge in [0.05, 0.1) is 17.6 Å². The number of aromatic nitrogens is 3. The highest BCUT2D eigenvalue weighted by Crippen LogP contribution is 2.20. The zero-order valence-electron chi connectivity index (χ0n) is 14.5. The molecule has 2 aromatic heterocycles. The molecule has 2 heterocycles. The molecule has 0 radical (unpaired) electrons. The van der Waals surface area contributed by atoms with Crippen LogP contribution in [0.25, 0.3) is 11.0 Å². The van der Waals surface area contributed by atoms with E-state index in [4.69, 9.17) is 28.9 Å². The van der Waals surface area contributed by atoms with Crippen molar-refractivity contribution in [1.29, 1.82) is 0 Å². The Hall–Kier alpha value is -1.50. The van der Waals surface area contributed by atoms with E-state index in [0.29, 0.717) is 23.3 Å². The molecule has 3 N–H and O–H groups in total. The van der Waals surface area contributed by atoms with E-state index in [-0.39, 0.29) is 22.8 Å². The molecule has 25 heavy (non-hydrogen) atoms. The fourth-order valence-electron chi connectivity index (χ4n) is 2.49. The molecule has 1 amide bonds. The van der Waals surface area contributed by atoms with Gasteiger partial charge in [0.2, 0.25) is 11.2 Å². The normalized spacial score (nSPS) is 13.6. The first-order chi connectivity index (χ1) is 11.8. The minimum absolute atomic E-state index is 0.0649. The van der Waals surface area contributed by atoms with Crippen LogP contribution in [0.1, 0.15) is 45.2 Å². The number of pyridine rings is 1. The van der Waals surface area contributed by atoms with Crippen molar-refractivity contribution in [2.24, 2.45) is 5.73 Å². The number of halogens is 2. The van der Waals surface area contributed by atoms with Crippen LogP contribution in [0.4, 0.5) is 0 Å². The molecule has 0 aliphatic carbocycles. The monoisotopic (exact) mass is 383 g/mol. The molecule has 8 heteroatoms. The Balaban J connectivity index is 1.95. The number of carbonyl (C=O) groups excluding carboxylic acids is 1. The second kappa shape index (κ2) is 8.74. The molecule has 0 spiro atoms. The van der Waals surface area contributed by atoms with Gasteiger partial charge in [-0.25, -0.2) is 15.0 Å². The lowest BCUT2D eigenvalue weighted by molar-refractivity contribution is -0.120. The van der Waals surface area contributed by atoms with Crippen molar-refractivity contribution in [3.8, 4) is 0 Å². The topological polar surface area (TPSA) is 93.8 Å². The van der Waals surface area contributed by atoms with Crippen molar-refractivity contribution in [3.63, 3.8) is 0 Å². The van der Waals surface area contributed by atoms with Gasteiger partial charge >= 0.3 is 0 Å². The summed E-state index contributed by atoms with van der Waals surface area (Å²) >= 11 is 11.8. The fraction of sp³-hybridized carbons (Fsp3) is 0.529. The number of hydrogen-bond acceptors (Lipinski definition) is 5. The summed E-state index contributed by atoms with van der Waals surface area (Å²) in [5, 5.41) is 3.11. The average molecular weight is 384 g/mol. The van der Waals surface area contributed by atoms with Crippen LogP contribution in [0.3, 0.4) is 0 Å². The average Bonchev–Trinajstić information content (AvgIpc) is 2.54. The van der Waals surface area contributed by atoms with Gasteiger partial charge in [-0.3, -0.25) is 4.79 Å². The first kappa shape index (κ1) is 19.8. The van der Waals surface area contributed by atoms with Crippen LogP contribution < -0.4 is 11.1 Å². The van der Waals surface area contributed by atoms with Crippen LogP contribution in [0.2, 0.25) is 10.4 Å². The SMILES string of the molecule is CCCCCC(C)(N)CNC(=O)Cc1ccc2nc(Cl)nc(Cl)c2n1. The fourth-order valence-corrected chi connectivity index (χ4v) is 2.92. The van der Waals surface area contributed by atoms with E-state index >= 15 is 0 Å². The van der Waals surface area contributed by atoms with Crippen LogP contribution in [0.5, 0.6) is 0 Å². The van der Waals surface area contributed by atoms with Gasteiger partial charge in [-0.05, 0) is 37.1 Å². The zero-order chi connectivity index (χ0) is 18.4. The van der Waals surface area contributed by atoms with Gasteiger partial charge in [0, 0.05) is 12.1 Å². The van der Waals surface area contributed by atoms with E-state index in [1.54, 1.807) is 12.1 Å². The second-order valence-electron chi connectivity index (χ2n) is 6.52. The summed E-state index contributed by atoms with van der Waals surface area (Å²) in [6, 6.07) is 3.45. The van der Waals surface area contributed by atoms with Gasteiger partial charge in [-0.1, -0.05) is 37.8 Å². The molecule has 1 atom stereocenters. The number of fused-ring (bicyclic) bond motifs is 1. The molecule has 0 saturated carbocycles. The highest BCUT2D eigenvalue weighted by molar-refractivity contribution is 6.35. The molecule has 0 aromatic carbocycles. The summed E-state index contributed by atoms with van der Waals surface area (Å²) < 4.78 is 0. The van der Waals surface area contributed by atoms with Gasteiger partial charge in [-0.2, -0.15) is 0 Å². The summed E-state index contributed by atoms with van der Waals surface area (Å²) in [4.78, 5) is 24.4. The van der Waals surface area contributed by atoms with Crippen LogP contribution in [-0.4, -0.2) is 32.9 Å². The molecule has 0 bridgehead atoms. The number of hydrogen-bond donors (Lipinski definition) is 2. The Labute approximate surface area is 157 Å². The predicted molar refractivity (Wildman–Crippen MR) is 101 cm³/mol. The molecule has 0 saturated heterocycles. The maximum atomic E-state index is 12.2. The number of nitrogens with two attached hydrogens (primary N) is 1. The van der Waals surface area contributed by atoms with Crippen LogP contribution in [0, 0.1) is 0 Å². The molecule has 2 aromatic rings. The third kappa shape index (κ3) is 6.06. The van der Waals surface area contributed by atoms with Gasteiger partial charge in [0.1, 0.15) is 5.52 Å². The number of amides is 1. The predicted octanol–water partition coefficient (Wildman–Crippen LogP) is 3.29. The number of rotatable bonds is 8. The quantitative estimate of drug-likeness (QED) is 0.414. The van der Waals surface area contributed by atoms with Crippen molar-refractivity contribution < 1.29 is 4.79 Å².